The molecule has 0 heterocycles. The Bertz CT molecular complexity index is 209. The minimum absolute atomic E-state index is 0.00579. The number of hydrogen-bond donors (Lipinski definition) is 2. The van der Waals surface area contributed by atoms with E-state index in [0.29, 0.717) is 19.3 Å². The van der Waals surface area contributed by atoms with Gasteiger partial charge in [0.05, 0.1) is 18.1 Å². The molecule has 0 spiro atoms. The first-order valence-electron chi connectivity index (χ1n) is 4.95. The highest BCUT2D eigenvalue weighted by Gasteiger charge is 2.30. The van der Waals surface area contributed by atoms with E-state index in [1.165, 1.54) is 0 Å². The van der Waals surface area contributed by atoms with Gasteiger partial charge in [-0.3, -0.25) is 4.79 Å². The van der Waals surface area contributed by atoms with E-state index in [2.05, 4.69) is 5.32 Å². The molecule has 0 saturated heterocycles. The second-order valence-corrected chi connectivity index (χ2v) is 4.53. The molecule has 1 fully saturated rings. The highest BCUT2D eigenvalue weighted by molar-refractivity contribution is 5.77. The third-order valence-corrected chi connectivity index (χ3v) is 2.62. The number of methoxy groups -OCH3 is 1. The molecule has 4 heteroatoms. The van der Waals surface area contributed by atoms with Crippen molar-refractivity contribution in [3.8, 4) is 0 Å². The first kappa shape index (κ1) is 11.5. The molecule has 82 valence electrons. The SMILES string of the molecule is COC(C)(C)CC(=O)NC1CC(O)C1. The third-order valence-electron chi connectivity index (χ3n) is 2.62. The molecule has 1 saturated carbocycles. The van der Waals surface area contributed by atoms with Gasteiger partial charge in [-0.1, -0.05) is 0 Å². The average molecular weight is 201 g/mol. The Hall–Kier alpha value is -0.610. The van der Waals surface area contributed by atoms with Crippen molar-refractivity contribution >= 4 is 5.91 Å². The van der Waals surface area contributed by atoms with Crippen LogP contribution >= 0.6 is 0 Å². The van der Waals surface area contributed by atoms with Gasteiger partial charge in [0.15, 0.2) is 0 Å². The quantitative estimate of drug-likeness (QED) is 0.694. The van der Waals surface area contributed by atoms with E-state index in [9.17, 15) is 4.79 Å². The van der Waals surface area contributed by atoms with Crippen LogP contribution in [-0.4, -0.2) is 35.9 Å². The molecule has 1 aliphatic carbocycles. The number of amides is 1. The maximum atomic E-state index is 11.5. The Morgan fingerprint density at radius 1 is 1.57 bits per heavy atom. The number of carbonyl (C=O) groups is 1. The zero-order valence-corrected chi connectivity index (χ0v) is 9.04. The van der Waals surface area contributed by atoms with E-state index in [1.54, 1.807) is 7.11 Å². The monoisotopic (exact) mass is 201 g/mol. The molecule has 0 aromatic carbocycles. The van der Waals surface area contributed by atoms with Gasteiger partial charge in [-0.05, 0) is 26.7 Å². The molecule has 1 rings (SSSR count). The predicted molar refractivity (Wildman–Crippen MR) is 52.9 cm³/mol. The van der Waals surface area contributed by atoms with Crippen LogP contribution in [0.5, 0.6) is 0 Å². The second kappa shape index (κ2) is 4.28. The van der Waals surface area contributed by atoms with E-state index in [0.717, 1.165) is 0 Å². The van der Waals surface area contributed by atoms with Gasteiger partial charge in [0.25, 0.3) is 0 Å². The summed E-state index contributed by atoms with van der Waals surface area (Å²) >= 11 is 0. The Labute approximate surface area is 84.6 Å². The Balaban J connectivity index is 2.22. The summed E-state index contributed by atoms with van der Waals surface area (Å²) < 4.78 is 5.15. The molecule has 2 N–H and O–H groups in total. The highest BCUT2D eigenvalue weighted by Crippen LogP contribution is 2.20. The van der Waals surface area contributed by atoms with Crippen LogP contribution in [0.3, 0.4) is 0 Å². The minimum atomic E-state index is -0.410. The van der Waals surface area contributed by atoms with Crippen LogP contribution < -0.4 is 5.32 Å². The van der Waals surface area contributed by atoms with Crippen molar-refractivity contribution in [2.75, 3.05) is 7.11 Å². The number of aliphatic hydroxyl groups is 1. The molecule has 4 nitrogen and oxygen atoms in total. The zero-order valence-electron chi connectivity index (χ0n) is 9.04. The molecule has 0 aliphatic heterocycles. The summed E-state index contributed by atoms with van der Waals surface area (Å²) in [7, 11) is 1.60. The van der Waals surface area contributed by atoms with Gasteiger partial charge in [-0.25, -0.2) is 0 Å². The fraction of sp³-hybridized carbons (Fsp3) is 0.900. The van der Waals surface area contributed by atoms with Crippen molar-refractivity contribution < 1.29 is 14.6 Å². The number of hydrogen-bond acceptors (Lipinski definition) is 3. The van der Waals surface area contributed by atoms with Crippen LogP contribution in [0.15, 0.2) is 0 Å². The Kier molecular flexibility index (Phi) is 3.50. The van der Waals surface area contributed by atoms with Crippen molar-refractivity contribution in [1.82, 2.24) is 5.32 Å². The summed E-state index contributed by atoms with van der Waals surface area (Å²) in [4.78, 5) is 11.5. The largest absolute Gasteiger partial charge is 0.393 e. The summed E-state index contributed by atoms with van der Waals surface area (Å²) in [5.41, 5.74) is -0.410. The summed E-state index contributed by atoms with van der Waals surface area (Å²) in [6.45, 7) is 3.75. The fourth-order valence-corrected chi connectivity index (χ4v) is 1.44. The number of aliphatic hydroxyl groups excluding tert-OH is 1. The molecule has 1 amide bonds. The van der Waals surface area contributed by atoms with Crippen molar-refractivity contribution in [3.63, 3.8) is 0 Å². The molecule has 0 atom stereocenters. The van der Waals surface area contributed by atoms with Crippen molar-refractivity contribution in [3.05, 3.63) is 0 Å². The van der Waals surface area contributed by atoms with Crippen LogP contribution in [0, 0.1) is 0 Å². The van der Waals surface area contributed by atoms with Crippen LogP contribution in [0.4, 0.5) is 0 Å². The molecule has 0 unspecified atom stereocenters. The van der Waals surface area contributed by atoms with Gasteiger partial charge in [0.2, 0.25) is 5.91 Å². The van der Waals surface area contributed by atoms with Crippen LogP contribution in [0.2, 0.25) is 0 Å². The first-order chi connectivity index (χ1) is 6.43. The van der Waals surface area contributed by atoms with E-state index < -0.39 is 5.60 Å². The molecule has 0 aromatic rings. The third kappa shape index (κ3) is 3.27. The molecular weight excluding hydrogens is 182 g/mol. The lowest BCUT2D eigenvalue weighted by Gasteiger charge is -2.33. The van der Waals surface area contributed by atoms with E-state index in [1.807, 2.05) is 13.8 Å². The second-order valence-electron chi connectivity index (χ2n) is 4.53. The minimum Gasteiger partial charge on any atom is -0.393 e. The van der Waals surface area contributed by atoms with Gasteiger partial charge in [-0.2, -0.15) is 0 Å². The number of ether oxygens (including phenoxy) is 1. The van der Waals surface area contributed by atoms with E-state index >= 15 is 0 Å². The lowest BCUT2D eigenvalue weighted by Crippen LogP contribution is -2.48. The van der Waals surface area contributed by atoms with Gasteiger partial charge in [-0.15, -0.1) is 0 Å². The van der Waals surface area contributed by atoms with Crippen molar-refractivity contribution in [2.24, 2.45) is 0 Å². The Morgan fingerprint density at radius 2 is 2.14 bits per heavy atom. The maximum absolute atomic E-state index is 11.5. The number of nitrogens with one attached hydrogen (secondary N) is 1. The number of carbonyl (C=O) groups excluding carboxylic acids is 1. The van der Waals surface area contributed by atoms with Gasteiger partial charge in [0, 0.05) is 13.2 Å². The standard InChI is InChI=1S/C10H19NO3/c1-10(2,14-3)6-9(13)11-7-4-8(12)5-7/h7-8,12H,4-6H2,1-3H3,(H,11,13). The predicted octanol–water partition coefficient (Wildman–Crippen LogP) is 0.441. The Morgan fingerprint density at radius 3 is 2.57 bits per heavy atom. The molecule has 14 heavy (non-hydrogen) atoms. The van der Waals surface area contributed by atoms with Crippen LogP contribution in [-0.2, 0) is 9.53 Å². The lowest BCUT2D eigenvalue weighted by atomic mass is 9.89. The molecule has 0 bridgehead atoms. The van der Waals surface area contributed by atoms with E-state index in [-0.39, 0.29) is 18.1 Å². The van der Waals surface area contributed by atoms with E-state index in [4.69, 9.17) is 9.84 Å². The maximum Gasteiger partial charge on any atom is 0.223 e. The lowest BCUT2D eigenvalue weighted by molar-refractivity contribution is -0.128. The summed E-state index contributed by atoms with van der Waals surface area (Å²) in [5.74, 6) is -0.00579. The average Bonchev–Trinajstić information content (AvgIpc) is 2.00. The molecular formula is C10H19NO3. The first-order valence-corrected chi connectivity index (χ1v) is 4.95. The zero-order chi connectivity index (χ0) is 10.8. The van der Waals surface area contributed by atoms with Crippen molar-refractivity contribution in [2.45, 2.75) is 50.9 Å². The van der Waals surface area contributed by atoms with Gasteiger partial charge in [0.1, 0.15) is 0 Å². The number of rotatable bonds is 4. The van der Waals surface area contributed by atoms with Crippen LogP contribution in [0.25, 0.3) is 0 Å². The fourth-order valence-electron chi connectivity index (χ4n) is 1.44. The molecule has 0 radical (unpaired) electrons. The van der Waals surface area contributed by atoms with Crippen molar-refractivity contribution in [1.29, 1.82) is 0 Å². The van der Waals surface area contributed by atoms with Gasteiger partial charge >= 0.3 is 0 Å². The highest BCUT2D eigenvalue weighted by atomic mass is 16.5. The molecule has 0 aromatic heterocycles. The summed E-state index contributed by atoms with van der Waals surface area (Å²) in [6.07, 6.45) is 1.49. The van der Waals surface area contributed by atoms with Crippen LogP contribution in [0.1, 0.15) is 33.1 Å². The van der Waals surface area contributed by atoms with Gasteiger partial charge < -0.3 is 15.2 Å². The normalized spacial score (nSPS) is 26.9. The topological polar surface area (TPSA) is 58.6 Å². The molecule has 1 aliphatic rings. The summed E-state index contributed by atoms with van der Waals surface area (Å²) in [5, 5.41) is 11.9. The smallest absolute Gasteiger partial charge is 0.223 e. The summed E-state index contributed by atoms with van der Waals surface area (Å²) in [6, 6.07) is 0.158.